The van der Waals surface area contributed by atoms with Gasteiger partial charge in [0.05, 0.1) is 5.01 Å². The molecule has 0 radical (unpaired) electrons. The van der Waals surface area contributed by atoms with Crippen LogP contribution in [0.5, 0.6) is 0 Å². The van der Waals surface area contributed by atoms with Crippen molar-refractivity contribution in [3.05, 3.63) is 16.6 Å². The van der Waals surface area contributed by atoms with E-state index in [9.17, 15) is 4.79 Å². The van der Waals surface area contributed by atoms with Crippen LogP contribution in [0.15, 0.2) is 11.6 Å². The number of rotatable bonds is 4. The van der Waals surface area contributed by atoms with E-state index in [0.29, 0.717) is 12.5 Å². The van der Waals surface area contributed by atoms with Crippen LogP contribution < -0.4 is 10.6 Å². The zero-order chi connectivity index (χ0) is 12.1. The summed E-state index contributed by atoms with van der Waals surface area (Å²) in [5.41, 5.74) is 0. The van der Waals surface area contributed by atoms with E-state index < -0.39 is 0 Å². The van der Waals surface area contributed by atoms with E-state index in [1.165, 1.54) is 0 Å². The summed E-state index contributed by atoms with van der Waals surface area (Å²) in [6.45, 7) is 4.71. The Labute approximate surface area is 106 Å². The zero-order valence-electron chi connectivity index (χ0n) is 10.1. The third kappa shape index (κ3) is 3.51. The van der Waals surface area contributed by atoms with Crippen LogP contribution in [-0.2, 0) is 4.79 Å². The van der Waals surface area contributed by atoms with Crippen LogP contribution in [-0.4, -0.2) is 30.5 Å². The molecule has 1 unspecified atom stereocenters. The van der Waals surface area contributed by atoms with Crippen LogP contribution in [0.2, 0.25) is 0 Å². The lowest BCUT2D eigenvalue weighted by atomic mass is 9.97. The van der Waals surface area contributed by atoms with Gasteiger partial charge in [-0.2, -0.15) is 0 Å². The minimum absolute atomic E-state index is 0.194. The van der Waals surface area contributed by atoms with Gasteiger partial charge in [0, 0.05) is 30.0 Å². The number of hydrogen-bond donors (Lipinski definition) is 2. The van der Waals surface area contributed by atoms with Gasteiger partial charge in [-0.25, -0.2) is 4.98 Å². The smallest absolute Gasteiger partial charge is 0.223 e. The van der Waals surface area contributed by atoms with E-state index in [2.05, 4.69) is 22.5 Å². The van der Waals surface area contributed by atoms with E-state index in [-0.39, 0.29) is 11.8 Å². The Morgan fingerprint density at radius 1 is 1.65 bits per heavy atom. The van der Waals surface area contributed by atoms with E-state index in [4.69, 9.17) is 0 Å². The maximum atomic E-state index is 11.9. The summed E-state index contributed by atoms with van der Waals surface area (Å²) in [6.07, 6.45) is 3.72. The third-order valence-electron chi connectivity index (χ3n) is 3.17. The lowest BCUT2D eigenvalue weighted by Gasteiger charge is -2.22. The standard InChI is InChI=1S/C12H19N3OS/c1-9(12-14-6-7-17-12)8-15-11(16)10-2-4-13-5-3-10/h6-7,9-10,13H,2-5,8H2,1H3,(H,15,16). The molecule has 5 heteroatoms. The van der Waals surface area contributed by atoms with Gasteiger partial charge in [-0.05, 0) is 25.9 Å². The van der Waals surface area contributed by atoms with Crippen molar-refractivity contribution in [2.75, 3.05) is 19.6 Å². The predicted octanol–water partition coefficient (Wildman–Crippen LogP) is 1.36. The van der Waals surface area contributed by atoms with Crippen molar-refractivity contribution in [3.8, 4) is 0 Å². The zero-order valence-corrected chi connectivity index (χ0v) is 10.9. The van der Waals surface area contributed by atoms with Gasteiger partial charge < -0.3 is 10.6 Å². The highest BCUT2D eigenvalue weighted by molar-refractivity contribution is 7.09. The van der Waals surface area contributed by atoms with E-state index >= 15 is 0 Å². The quantitative estimate of drug-likeness (QED) is 0.852. The molecule has 1 aromatic rings. The second-order valence-electron chi connectivity index (χ2n) is 4.54. The van der Waals surface area contributed by atoms with Crippen molar-refractivity contribution >= 4 is 17.2 Å². The van der Waals surface area contributed by atoms with E-state index in [0.717, 1.165) is 30.9 Å². The minimum Gasteiger partial charge on any atom is -0.355 e. The molecule has 1 aliphatic rings. The maximum Gasteiger partial charge on any atom is 0.223 e. The Bertz CT molecular complexity index is 347. The van der Waals surface area contributed by atoms with Crippen LogP contribution in [0, 0.1) is 5.92 Å². The van der Waals surface area contributed by atoms with Gasteiger partial charge in [0.25, 0.3) is 0 Å². The van der Waals surface area contributed by atoms with Gasteiger partial charge in [-0.15, -0.1) is 11.3 Å². The Kier molecular flexibility index (Phi) is 4.50. The van der Waals surface area contributed by atoms with Crippen molar-refractivity contribution in [3.63, 3.8) is 0 Å². The molecule has 0 aromatic carbocycles. The molecular formula is C12H19N3OS. The molecule has 0 spiro atoms. The molecule has 0 bridgehead atoms. The molecular weight excluding hydrogens is 234 g/mol. The van der Waals surface area contributed by atoms with Crippen LogP contribution in [0.4, 0.5) is 0 Å². The van der Waals surface area contributed by atoms with Crippen LogP contribution >= 0.6 is 11.3 Å². The Morgan fingerprint density at radius 2 is 2.41 bits per heavy atom. The second kappa shape index (κ2) is 6.12. The van der Waals surface area contributed by atoms with Gasteiger partial charge in [0.2, 0.25) is 5.91 Å². The fourth-order valence-corrected chi connectivity index (χ4v) is 2.75. The minimum atomic E-state index is 0.194. The molecule has 0 saturated carbocycles. The first kappa shape index (κ1) is 12.5. The molecule has 1 fully saturated rings. The first-order valence-electron chi connectivity index (χ1n) is 6.15. The molecule has 1 aromatic heterocycles. The fraction of sp³-hybridized carbons (Fsp3) is 0.667. The van der Waals surface area contributed by atoms with Crippen molar-refractivity contribution in [1.29, 1.82) is 0 Å². The van der Waals surface area contributed by atoms with E-state index in [1.54, 1.807) is 11.3 Å². The predicted molar refractivity (Wildman–Crippen MR) is 69.1 cm³/mol. The highest BCUT2D eigenvalue weighted by Gasteiger charge is 2.21. The van der Waals surface area contributed by atoms with Crippen LogP contribution in [0.1, 0.15) is 30.7 Å². The lowest BCUT2D eigenvalue weighted by molar-refractivity contribution is -0.125. The number of piperidine rings is 1. The summed E-state index contributed by atoms with van der Waals surface area (Å²) < 4.78 is 0. The summed E-state index contributed by atoms with van der Waals surface area (Å²) in [7, 11) is 0. The van der Waals surface area contributed by atoms with Crippen LogP contribution in [0.25, 0.3) is 0 Å². The molecule has 1 aliphatic heterocycles. The van der Waals surface area contributed by atoms with Gasteiger partial charge in [0.15, 0.2) is 0 Å². The highest BCUT2D eigenvalue weighted by Crippen LogP contribution is 2.17. The van der Waals surface area contributed by atoms with Gasteiger partial charge in [0.1, 0.15) is 0 Å². The molecule has 1 atom stereocenters. The SMILES string of the molecule is CC(CNC(=O)C1CCNCC1)c1nccs1. The second-order valence-corrected chi connectivity index (χ2v) is 5.47. The summed E-state index contributed by atoms with van der Waals surface area (Å²) in [5.74, 6) is 0.704. The first-order chi connectivity index (χ1) is 8.27. The Balaban J connectivity index is 1.75. The van der Waals surface area contributed by atoms with Crippen LogP contribution in [0.3, 0.4) is 0 Å². The normalized spacial score (nSPS) is 18.9. The summed E-state index contributed by atoms with van der Waals surface area (Å²) in [5, 5.41) is 9.37. The molecule has 2 N–H and O–H groups in total. The lowest BCUT2D eigenvalue weighted by Crippen LogP contribution is -2.39. The number of carbonyl (C=O) groups excluding carboxylic acids is 1. The van der Waals surface area contributed by atoms with Crippen molar-refractivity contribution < 1.29 is 4.79 Å². The molecule has 1 amide bonds. The number of thiazole rings is 1. The van der Waals surface area contributed by atoms with Crippen molar-refractivity contribution in [2.45, 2.75) is 25.7 Å². The Hall–Kier alpha value is -0.940. The third-order valence-corrected chi connectivity index (χ3v) is 4.17. The monoisotopic (exact) mass is 253 g/mol. The molecule has 2 heterocycles. The number of nitrogens with one attached hydrogen (secondary N) is 2. The number of carbonyl (C=O) groups is 1. The average molecular weight is 253 g/mol. The average Bonchev–Trinajstić information content (AvgIpc) is 2.90. The molecule has 94 valence electrons. The fourth-order valence-electron chi connectivity index (χ4n) is 2.05. The van der Waals surface area contributed by atoms with E-state index in [1.807, 2.05) is 11.6 Å². The molecule has 4 nitrogen and oxygen atoms in total. The molecule has 17 heavy (non-hydrogen) atoms. The van der Waals surface area contributed by atoms with Gasteiger partial charge >= 0.3 is 0 Å². The number of hydrogen-bond acceptors (Lipinski definition) is 4. The highest BCUT2D eigenvalue weighted by atomic mass is 32.1. The summed E-state index contributed by atoms with van der Waals surface area (Å²) in [4.78, 5) is 16.2. The van der Waals surface area contributed by atoms with Gasteiger partial charge in [-0.3, -0.25) is 4.79 Å². The molecule has 1 saturated heterocycles. The number of nitrogens with zero attached hydrogens (tertiary/aromatic N) is 1. The topological polar surface area (TPSA) is 54.0 Å². The number of amides is 1. The number of aromatic nitrogens is 1. The van der Waals surface area contributed by atoms with Gasteiger partial charge in [-0.1, -0.05) is 6.92 Å². The Morgan fingerprint density at radius 3 is 3.06 bits per heavy atom. The van der Waals surface area contributed by atoms with Crippen molar-refractivity contribution in [2.24, 2.45) is 5.92 Å². The molecule has 2 rings (SSSR count). The maximum absolute atomic E-state index is 11.9. The summed E-state index contributed by atoms with van der Waals surface area (Å²) >= 11 is 1.65. The molecule has 0 aliphatic carbocycles. The van der Waals surface area contributed by atoms with Crippen molar-refractivity contribution in [1.82, 2.24) is 15.6 Å². The first-order valence-corrected chi connectivity index (χ1v) is 7.03. The summed E-state index contributed by atoms with van der Waals surface area (Å²) in [6, 6.07) is 0. The largest absolute Gasteiger partial charge is 0.355 e.